The number of halogens is 1. The van der Waals surface area contributed by atoms with Gasteiger partial charge in [-0.3, -0.25) is 19.3 Å². The fraction of sp³-hybridized carbons (Fsp3) is 0.515. The van der Waals surface area contributed by atoms with Gasteiger partial charge in [-0.1, -0.05) is 24.3 Å². The molecule has 3 saturated heterocycles. The van der Waals surface area contributed by atoms with Crippen molar-refractivity contribution in [3.8, 4) is 0 Å². The van der Waals surface area contributed by atoms with Crippen LogP contribution in [-0.2, 0) is 16.0 Å². The van der Waals surface area contributed by atoms with Gasteiger partial charge in [0.1, 0.15) is 5.82 Å². The average molecular weight is 605 g/mol. The quantitative estimate of drug-likeness (QED) is 0.427. The fourth-order valence-corrected chi connectivity index (χ4v) is 6.65. The highest BCUT2D eigenvalue weighted by molar-refractivity contribution is 5.95. The maximum absolute atomic E-state index is 14.9. The molecule has 0 spiro atoms. The number of H-pyrrole nitrogens is 1. The summed E-state index contributed by atoms with van der Waals surface area (Å²) in [5.41, 5.74) is 1.09. The summed E-state index contributed by atoms with van der Waals surface area (Å²) in [6.45, 7) is 6.81. The molecule has 2 amide bonds. The zero-order valence-electron chi connectivity index (χ0n) is 25.3. The predicted molar refractivity (Wildman–Crippen MR) is 165 cm³/mol. The molecule has 0 radical (unpaired) electrons. The number of aromatic nitrogens is 2. The van der Waals surface area contributed by atoms with E-state index < -0.39 is 5.82 Å². The second kappa shape index (κ2) is 13.5. The largest absolute Gasteiger partial charge is 0.375 e. The van der Waals surface area contributed by atoms with Crippen LogP contribution in [0.25, 0.3) is 10.8 Å². The second-order valence-electron chi connectivity index (χ2n) is 12.3. The number of rotatable bonds is 7. The number of carbonyl (C=O) groups is 2. The number of nitrogens with one attached hydrogen (secondary N) is 2. The summed E-state index contributed by atoms with van der Waals surface area (Å²) >= 11 is 0. The lowest BCUT2D eigenvalue weighted by Gasteiger charge is -2.38. The van der Waals surface area contributed by atoms with E-state index >= 15 is 0 Å². The summed E-state index contributed by atoms with van der Waals surface area (Å²) in [7, 11) is 0. The zero-order chi connectivity index (χ0) is 30.6. The van der Waals surface area contributed by atoms with Gasteiger partial charge in [-0.15, -0.1) is 0 Å². The molecule has 44 heavy (non-hydrogen) atoms. The Hall–Kier alpha value is -3.67. The Labute approximate surface area is 256 Å². The molecule has 3 fully saturated rings. The number of carbonyl (C=O) groups excluding carboxylic acids is 2. The number of nitrogens with zero attached hydrogens (tertiary/aromatic N) is 4. The van der Waals surface area contributed by atoms with E-state index in [-0.39, 0.29) is 29.0 Å². The minimum absolute atomic E-state index is 0.0000405. The van der Waals surface area contributed by atoms with Crippen LogP contribution in [-0.4, -0.2) is 107 Å². The van der Waals surface area contributed by atoms with Crippen LogP contribution in [0.5, 0.6) is 0 Å². The number of ether oxygens (including phenoxy) is 1. The van der Waals surface area contributed by atoms with E-state index in [1.165, 1.54) is 6.07 Å². The Kier molecular flexibility index (Phi) is 9.34. The highest BCUT2D eigenvalue weighted by Gasteiger charge is 2.30. The highest BCUT2D eigenvalue weighted by atomic mass is 19.1. The lowest BCUT2D eigenvalue weighted by atomic mass is 10.0. The number of aromatic amines is 1. The number of piperidine rings is 2. The van der Waals surface area contributed by atoms with Crippen LogP contribution >= 0.6 is 0 Å². The Morgan fingerprint density at radius 2 is 1.68 bits per heavy atom. The van der Waals surface area contributed by atoms with Gasteiger partial charge in [0.2, 0.25) is 5.91 Å². The smallest absolute Gasteiger partial charge is 0.272 e. The molecular weight excluding hydrogens is 563 g/mol. The van der Waals surface area contributed by atoms with Crippen LogP contribution in [0.4, 0.5) is 4.39 Å². The first-order chi connectivity index (χ1) is 21.3. The molecule has 3 aliphatic rings. The van der Waals surface area contributed by atoms with Gasteiger partial charge in [0.25, 0.3) is 11.5 Å². The monoisotopic (exact) mass is 604 g/mol. The van der Waals surface area contributed by atoms with Gasteiger partial charge in [0.05, 0.1) is 35.4 Å². The first kappa shape index (κ1) is 30.4. The lowest BCUT2D eigenvalue weighted by Crippen LogP contribution is -2.53. The van der Waals surface area contributed by atoms with Gasteiger partial charge in [-0.25, -0.2) is 9.49 Å². The molecule has 10 nitrogen and oxygen atoms in total. The molecule has 0 saturated carbocycles. The topological polar surface area (TPSA) is 111 Å². The highest BCUT2D eigenvalue weighted by Crippen LogP contribution is 2.22. The van der Waals surface area contributed by atoms with Crippen molar-refractivity contribution in [1.29, 1.82) is 0 Å². The van der Waals surface area contributed by atoms with Crippen molar-refractivity contribution in [3.63, 3.8) is 0 Å². The van der Waals surface area contributed by atoms with Gasteiger partial charge in [-0.2, -0.15) is 5.10 Å². The molecule has 6 rings (SSSR count). The van der Waals surface area contributed by atoms with Crippen LogP contribution in [0, 0.1) is 5.82 Å². The van der Waals surface area contributed by atoms with Crippen molar-refractivity contribution in [2.24, 2.45) is 0 Å². The van der Waals surface area contributed by atoms with Crippen LogP contribution in [0.3, 0.4) is 0 Å². The molecule has 234 valence electrons. The normalized spacial score (nSPS) is 22.0. The van der Waals surface area contributed by atoms with E-state index in [0.717, 1.165) is 50.7 Å². The molecule has 3 aliphatic heterocycles. The number of fused-ring (bicyclic) bond motifs is 1. The summed E-state index contributed by atoms with van der Waals surface area (Å²) < 4.78 is 21.2. The molecule has 1 aromatic heterocycles. The van der Waals surface area contributed by atoms with Gasteiger partial charge in [-0.05, 0) is 62.9 Å². The second-order valence-corrected chi connectivity index (χ2v) is 12.3. The maximum Gasteiger partial charge on any atom is 0.272 e. The van der Waals surface area contributed by atoms with Crippen molar-refractivity contribution in [2.75, 3.05) is 52.4 Å². The molecule has 2 atom stereocenters. The maximum atomic E-state index is 14.9. The Morgan fingerprint density at radius 3 is 2.43 bits per heavy atom. The van der Waals surface area contributed by atoms with Crippen LogP contribution < -0.4 is 10.9 Å². The van der Waals surface area contributed by atoms with Gasteiger partial charge >= 0.3 is 0 Å². The van der Waals surface area contributed by atoms with E-state index in [2.05, 4.69) is 27.3 Å². The summed E-state index contributed by atoms with van der Waals surface area (Å²) in [5, 5.41) is 11.4. The Morgan fingerprint density at radius 1 is 0.955 bits per heavy atom. The average Bonchev–Trinajstić information content (AvgIpc) is 3.04. The predicted octanol–water partition coefficient (Wildman–Crippen LogP) is 2.56. The van der Waals surface area contributed by atoms with Crippen molar-refractivity contribution in [2.45, 2.75) is 57.3 Å². The molecule has 0 bridgehead atoms. The number of piperazine rings is 1. The van der Waals surface area contributed by atoms with Gasteiger partial charge in [0, 0.05) is 57.1 Å². The number of benzene rings is 2. The third-order valence-corrected chi connectivity index (χ3v) is 9.18. The molecule has 2 N–H and O–H groups in total. The fourth-order valence-electron chi connectivity index (χ4n) is 6.65. The van der Waals surface area contributed by atoms with Crippen LogP contribution in [0.1, 0.15) is 54.2 Å². The van der Waals surface area contributed by atoms with E-state index in [9.17, 15) is 18.8 Å². The third kappa shape index (κ3) is 7.00. The molecule has 0 unspecified atom stereocenters. The first-order valence-corrected chi connectivity index (χ1v) is 15.8. The Balaban J connectivity index is 0.996. The van der Waals surface area contributed by atoms with Crippen molar-refractivity contribution in [1.82, 2.24) is 30.2 Å². The van der Waals surface area contributed by atoms with Crippen molar-refractivity contribution >= 4 is 22.6 Å². The zero-order valence-corrected chi connectivity index (χ0v) is 25.3. The molecule has 2 aromatic carbocycles. The summed E-state index contributed by atoms with van der Waals surface area (Å²) in [4.78, 5) is 44.2. The van der Waals surface area contributed by atoms with E-state index in [0.29, 0.717) is 67.9 Å². The SMILES string of the molecule is C[C@@H]1C[C@@H](OC2CCN(CC(=O)N3CCN(C(=O)c4cc(Cc5n[nH]c(=O)c6ccccc56)ccc4F)CC3)CC2)CCN1. The first-order valence-electron chi connectivity index (χ1n) is 15.8. The summed E-state index contributed by atoms with van der Waals surface area (Å²) in [6, 6.07) is 12.2. The van der Waals surface area contributed by atoms with Crippen LogP contribution in [0.2, 0.25) is 0 Å². The minimum Gasteiger partial charge on any atom is -0.375 e. The standard InChI is InChI=1S/C33H41FN6O4/c1-22-18-25(8-11-35-22)44-24-9-12-38(13-10-24)21-31(41)39-14-16-40(17-15-39)33(43)28-19-23(6-7-29(28)34)20-30-26-4-2-3-5-27(26)32(42)37-36-30/h2-7,19,22,24-25,35H,8-18,20-21H2,1H3,(H,37,42)/t22-,25+/m1/s1. The number of hydrogen-bond acceptors (Lipinski definition) is 7. The van der Waals surface area contributed by atoms with Gasteiger partial charge in [0.15, 0.2) is 0 Å². The summed E-state index contributed by atoms with van der Waals surface area (Å²) in [6.07, 6.45) is 4.91. The van der Waals surface area contributed by atoms with Crippen molar-refractivity contribution < 1.29 is 18.7 Å². The molecule has 3 aromatic rings. The van der Waals surface area contributed by atoms with E-state index in [1.54, 1.807) is 29.2 Å². The van der Waals surface area contributed by atoms with Crippen molar-refractivity contribution in [3.05, 3.63) is 75.5 Å². The lowest BCUT2D eigenvalue weighted by molar-refractivity contribution is -0.135. The molecular formula is C33H41FN6O4. The molecule has 4 heterocycles. The number of amides is 2. The summed E-state index contributed by atoms with van der Waals surface area (Å²) in [5.74, 6) is -0.906. The number of hydrogen-bond donors (Lipinski definition) is 2. The number of likely N-dealkylation sites (tertiary alicyclic amines) is 1. The minimum atomic E-state index is -0.585. The van der Waals surface area contributed by atoms with Crippen LogP contribution in [0.15, 0.2) is 47.3 Å². The third-order valence-electron chi connectivity index (χ3n) is 9.18. The molecule has 11 heteroatoms. The van der Waals surface area contributed by atoms with E-state index in [4.69, 9.17) is 4.74 Å². The Bertz CT molecular complexity index is 1550. The van der Waals surface area contributed by atoms with E-state index in [1.807, 2.05) is 17.0 Å². The van der Waals surface area contributed by atoms with Gasteiger partial charge < -0.3 is 19.9 Å². The molecule has 0 aliphatic carbocycles.